The fourth-order valence-electron chi connectivity index (χ4n) is 4.68. The van der Waals surface area contributed by atoms with Crippen LogP contribution in [0.5, 0.6) is 0 Å². The molecule has 14 unspecified atom stereocenters. The highest BCUT2D eigenvalue weighted by Crippen LogP contribution is 2.25. The lowest BCUT2D eigenvalue weighted by Gasteiger charge is -2.32. The Morgan fingerprint density at radius 1 is 0.423 bits per heavy atom. The summed E-state index contributed by atoms with van der Waals surface area (Å²) >= 11 is 0. The van der Waals surface area contributed by atoms with E-state index in [-0.39, 0.29) is 6.42 Å². The molecule has 0 heterocycles. The predicted octanol–water partition coefficient (Wildman–Crippen LogP) is 1.20. The number of rotatable bonds is 25. The topological polar surface area (TPSA) is 253 Å². The maximum absolute atomic E-state index is 13.7. The van der Waals surface area contributed by atoms with Crippen LogP contribution in [-0.2, 0) is 47.7 Å². The minimum Gasteiger partial charge on any atom is -0.454 e. The van der Waals surface area contributed by atoms with Crippen molar-refractivity contribution in [3.63, 3.8) is 0 Å². The van der Waals surface area contributed by atoms with Crippen molar-refractivity contribution in [2.75, 3.05) is 13.2 Å². The number of carbonyl (C=O) groups excluding carboxylic acids is 5. The number of esters is 5. The van der Waals surface area contributed by atoms with Crippen molar-refractivity contribution in [1.29, 1.82) is 0 Å². The van der Waals surface area contributed by atoms with Crippen molar-refractivity contribution in [2.24, 2.45) is 29.6 Å². The van der Waals surface area contributed by atoms with Crippen molar-refractivity contribution in [3.8, 4) is 0 Å². The van der Waals surface area contributed by atoms with E-state index in [1.54, 1.807) is 69.2 Å². The fraction of sp³-hybridized carbons (Fsp3) is 0.861. The summed E-state index contributed by atoms with van der Waals surface area (Å²) in [4.78, 5) is 66.8. The molecule has 0 saturated carbocycles. The molecule has 52 heavy (non-hydrogen) atoms. The molecule has 0 rings (SSSR count). The number of aliphatic hydroxyl groups is 6. The molecule has 0 aromatic rings. The zero-order valence-corrected chi connectivity index (χ0v) is 32.3. The van der Waals surface area contributed by atoms with E-state index in [0.29, 0.717) is 25.7 Å². The first kappa shape index (κ1) is 49.1. The molecule has 0 fully saturated rings. The Morgan fingerprint density at radius 3 is 0.962 bits per heavy atom. The molecule has 0 amide bonds. The molecule has 6 N–H and O–H groups in total. The van der Waals surface area contributed by atoms with Gasteiger partial charge in [-0.2, -0.15) is 0 Å². The van der Waals surface area contributed by atoms with E-state index in [0.717, 1.165) is 0 Å². The molecule has 0 aliphatic heterocycles. The second kappa shape index (κ2) is 24.4. The van der Waals surface area contributed by atoms with Crippen LogP contribution in [0.4, 0.5) is 0 Å². The predicted molar refractivity (Wildman–Crippen MR) is 185 cm³/mol. The third kappa shape index (κ3) is 14.5. The zero-order valence-electron chi connectivity index (χ0n) is 32.3. The first-order chi connectivity index (χ1) is 24.3. The lowest BCUT2D eigenvalue weighted by Crippen LogP contribution is -2.51. The van der Waals surface area contributed by atoms with Gasteiger partial charge in [0.2, 0.25) is 24.4 Å². The van der Waals surface area contributed by atoms with E-state index in [4.69, 9.17) is 23.7 Å². The smallest absolute Gasteiger partial charge is 0.348 e. The average molecular weight is 753 g/mol. The second-order valence-corrected chi connectivity index (χ2v) is 13.7. The van der Waals surface area contributed by atoms with E-state index in [2.05, 4.69) is 0 Å². The summed E-state index contributed by atoms with van der Waals surface area (Å²) in [6, 6.07) is 0. The quantitative estimate of drug-likeness (QED) is 0.0566. The Morgan fingerprint density at radius 2 is 0.692 bits per heavy atom. The third-order valence-electron chi connectivity index (χ3n) is 9.71. The molecular formula is C36H64O16. The van der Waals surface area contributed by atoms with Gasteiger partial charge >= 0.3 is 29.8 Å². The van der Waals surface area contributed by atoms with Crippen LogP contribution in [0.3, 0.4) is 0 Å². The van der Waals surface area contributed by atoms with Crippen LogP contribution in [0, 0.1) is 29.6 Å². The highest BCUT2D eigenvalue weighted by molar-refractivity contribution is 5.87. The van der Waals surface area contributed by atoms with Crippen molar-refractivity contribution >= 4 is 29.8 Å². The van der Waals surface area contributed by atoms with Gasteiger partial charge in [-0.05, 0) is 31.6 Å². The van der Waals surface area contributed by atoms with E-state index >= 15 is 0 Å². The Balaban J connectivity index is 6.40. The van der Waals surface area contributed by atoms with E-state index < -0.39 is 128 Å². The summed E-state index contributed by atoms with van der Waals surface area (Å²) in [6.07, 6.45) is -13.7. The SMILES string of the molecule is CCC(C)C(O)C(=O)OC(C(=O)OC(C(=O)OC(C(=O)OC(C(=O)OC(C(O)CO)C(O)C(O)CO)C(C)CC)C(C)CC)C(C)CC)C(C)CC. The first-order valence-corrected chi connectivity index (χ1v) is 18.3. The van der Waals surface area contributed by atoms with Gasteiger partial charge in [0.25, 0.3) is 0 Å². The molecule has 0 aromatic heterocycles. The Kier molecular flexibility index (Phi) is 23.1. The summed E-state index contributed by atoms with van der Waals surface area (Å²) < 4.78 is 27.4. The van der Waals surface area contributed by atoms with E-state index in [1.165, 1.54) is 0 Å². The number of carbonyl (C=O) groups is 5. The molecule has 0 spiro atoms. The average Bonchev–Trinajstić information content (AvgIpc) is 3.15. The monoisotopic (exact) mass is 752 g/mol. The number of ether oxygens (including phenoxy) is 5. The van der Waals surface area contributed by atoms with E-state index in [1.807, 2.05) is 0 Å². The summed E-state index contributed by atoms with van der Waals surface area (Å²) in [6.45, 7) is 14.7. The maximum atomic E-state index is 13.7. The standard InChI is InChI=1S/C36H64O16/c1-11-18(6)25(41)32(43)48-27(19(7)12-2)33(44)49-28(20(8)13-3)34(45)50-29(21(9)14-4)35(46)51-30(22(10)15-5)36(47)52-31(24(40)17-38)26(42)23(39)16-37/h18-31,37-42H,11-17H2,1-10H3. The Hall–Kier alpha value is -2.89. The molecule has 0 saturated heterocycles. The van der Waals surface area contributed by atoms with Gasteiger partial charge in [-0.25, -0.2) is 24.0 Å². The molecular weight excluding hydrogens is 688 g/mol. The normalized spacial score (nSPS) is 19.8. The lowest BCUT2D eigenvalue weighted by molar-refractivity contribution is -0.201. The molecule has 0 aliphatic carbocycles. The highest BCUT2D eigenvalue weighted by Gasteiger charge is 2.43. The van der Waals surface area contributed by atoms with Gasteiger partial charge in [-0.1, -0.05) is 75.7 Å². The molecule has 14 atom stereocenters. The lowest BCUT2D eigenvalue weighted by atomic mass is 9.98. The number of hydrogen-bond donors (Lipinski definition) is 6. The molecule has 0 radical (unpaired) electrons. The van der Waals surface area contributed by atoms with Crippen LogP contribution < -0.4 is 0 Å². The van der Waals surface area contributed by atoms with Crippen molar-refractivity contribution < 1.29 is 78.3 Å². The van der Waals surface area contributed by atoms with Gasteiger partial charge in [-0.15, -0.1) is 0 Å². The second-order valence-electron chi connectivity index (χ2n) is 13.7. The van der Waals surface area contributed by atoms with Crippen molar-refractivity contribution in [3.05, 3.63) is 0 Å². The summed E-state index contributed by atoms with van der Waals surface area (Å²) in [7, 11) is 0. The van der Waals surface area contributed by atoms with Crippen LogP contribution in [0.1, 0.15) is 101 Å². The molecule has 0 aliphatic rings. The number of aliphatic hydroxyl groups excluding tert-OH is 6. The zero-order chi connectivity index (χ0) is 40.5. The summed E-state index contributed by atoms with van der Waals surface area (Å²) in [5, 5.41) is 59.4. The summed E-state index contributed by atoms with van der Waals surface area (Å²) in [5.74, 6) is -8.60. The van der Waals surface area contributed by atoms with Crippen LogP contribution >= 0.6 is 0 Å². The van der Waals surface area contributed by atoms with Crippen LogP contribution in [-0.4, -0.2) is 129 Å². The third-order valence-corrected chi connectivity index (χ3v) is 9.71. The van der Waals surface area contributed by atoms with Crippen LogP contribution in [0.2, 0.25) is 0 Å². The minimum absolute atomic E-state index is 0.262. The van der Waals surface area contributed by atoms with Crippen LogP contribution in [0.25, 0.3) is 0 Å². The molecule has 0 aromatic carbocycles. The maximum Gasteiger partial charge on any atom is 0.348 e. The largest absolute Gasteiger partial charge is 0.454 e. The van der Waals surface area contributed by atoms with Gasteiger partial charge in [0.05, 0.1) is 13.2 Å². The molecule has 16 heteroatoms. The Labute approximate surface area is 307 Å². The van der Waals surface area contributed by atoms with Crippen molar-refractivity contribution in [2.45, 2.75) is 156 Å². The first-order valence-electron chi connectivity index (χ1n) is 18.3. The van der Waals surface area contributed by atoms with Gasteiger partial charge in [0.1, 0.15) is 18.3 Å². The van der Waals surface area contributed by atoms with Crippen molar-refractivity contribution in [1.82, 2.24) is 0 Å². The summed E-state index contributed by atoms with van der Waals surface area (Å²) in [5.41, 5.74) is 0. The molecule has 304 valence electrons. The van der Waals surface area contributed by atoms with Gasteiger partial charge in [-0.3, -0.25) is 0 Å². The number of hydrogen-bond acceptors (Lipinski definition) is 16. The van der Waals surface area contributed by atoms with E-state index in [9.17, 15) is 54.6 Å². The molecule has 16 nitrogen and oxygen atoms in total. The highest BCUT2D eigenvalue weighted by atomic mass is 16.6. The van der Waals surface area contributed by atoms with Gasteiger partial charge < -0.3 is 54.3 Å². The van der Waals surface area contributed by atoms with Gasteiger partial charge in [0.15, 0.2) is 12.2 Å². The van der Waals surface area contributed by atoms with Crippen LogP contribution in [0.15, 0.2) is 0 Å². The Bertz CT molecular complexity index is 1100. The molecule has 0 bridgehead atoms. The minimum atomic E-state index is -2.02. The fourth-order valence-corrected chi connectivity index (χ4v) is 4.68. The van der Waals surface area contributed by atoms with Gasteiger partial charge in [0, 0.05) is 23.7 Å².